The Bertz CT molecular complexity index is 1060. The summed E-state index contributed by atoms with van der Waals surface area (Å²) in [5.41, 5.74) is 0.140. The van der Waals surface area contributed by atoms with Gasteiger partial charge < -0.3 is 9.64 Å². The van der Waals surface area contributed by atoms with Crippen LogP contribution in [0.1, 0.15) is 16.1 Å². The third-order valence-corrected chi connectivity index (χ3v) is 4.66. The molecule has 0 fully saturated rings. The van der Waals surface area contributed by atoms with Gasteiger partial charge in [-0.25, -0.2) is 9.07 Å². The second kappa shape index (κ2) is 9.47. The van der Waals surface area contributed by atoms with Gasteiger partial charge >= 0.3 is 0 Å². The van der Waals surface area contributed by atoms with Gasteiger partial charge in [0.05, 0.1) is 6.54 Å². The molecule has 8 heteroatoms. The maximum absolute atomic E-state index is 14.0. The molecule has 0 radical (unpaired) electrons. The zero-order valence-corrected chi connectivity index (χ0v) is 17.3. The Morgan fingerprint density at radius 1 is 1.17 bits per heavy atom. The number of hydrogen-bond donors (Lipinski definition) is 0. The number of benzene rings is 2. The van der Waals surface area contributed by atoms with Crippen LogP contribution in [0.5, 0.6) is 5.75 Å². The molecule has 0 saturated heterocycles. The average Bonchev–Trinajstić information content (AvgIpc) is 2.72. The molecule has 0 bridgehead atoms. The lowest BCUT2D eigenvalue weighted by molar-refractivity contribution is 0.0774. The molecule has 0 aliphatic heterocycles. The van der Waals surface area contributed by atoms with Crippen LogP contribution in [0.2, 0.25) is 0 Å². The van der Waals surface area contributed by atoms with E-state index in [1.807, 2.05) is 30.3 Å². The smallest absolute Gasteiger partial charge is 0.274 e. The van der Waals surface area contributed by atoms with Crippen LogP contribution < -0.4 is 10.3 Å². The minimum Gasteiger partial charge on any atom is -0.492 e. The van der Waals surface area contributed by atoms with E-state index in [9.17, 15) is 14.0 Å². The van der Waals surface area contributed by atoms with Crippen LogP contribution in [-0.2, 0) is 13.1 Å². The van der Waals surface area contributed by atoms with Gasteiger partial charge in [0.1, 0.15) is 23.9 Å². The van der Waals surface area contributed by atoms with Crippen molar-refractivity contribution in [2.45, 2.75) is 13.1 Å². The maximum Gasteiger partial charge on any atom is 0.274 e. The molecular formula is C21H19BrFN3O3. The van der Waals surface area contributed by atoms with E-state index in [-0.39, 0.29) is 30.9 Å². The number of nitrogens with zero attached hydrogens (tertiary/aromatic N) is 3. The molecule has 3 rings (SSSR count). The van der Waals surface area contributed by atoms with E-state index < -0.39 is 11.7 Å². The average molecular weight is 460 g/mol. The van der Waals surface area contributed by atoms with Crippen LogP contribution >= 0.6 is 15.9 Å². The molecular weight excluding hydrogens is 441 g/mol. The van der Waals surface area contributed by atoms with Crippen LogP contribution in [0.4, 0.5) is 4.39 Å². The normalized spacial score (nSPS) is 10.6. The highest BCUT2D eigenvalue weighted by atomic mass is 79.9. The van der Waals surface area contributed by atoms with Crippen molar-refractivity contribution < 1.29 is 13.9 Å². The van der Waals surface area contributed by atoms with E-state index in [0.717, 1.165) is 4.47 Å². The van der Waals surface area contributed by atoms with Crippen molar-refractivity contribution in [2.75, 3.05) is 13.7 Å². The zero-order chi connectivity index (χ0) is 20.8. The number of ether oxygens (including phenoxy) is 1. The van der Waals surface area contributed by atoms with Crippen LogP contribution in [0, 0.1) is 5.82 Å². The summed E-state index contributed by atoms with van der Waals surface area (Å²) in [7, 11) is 1.55. The van der Waals surface area contributed by atoms with E-state index in [2.05, 4.69) is 21.0 Å². The molecule has 0 aliphatic carbocycles. The molecule has 3 aromatic rings. The number of hydrogen-bond acceptors (Lipinski definition) is 4. The Hall–Kier alpha value is -3.00. The highest BCUT2D eigenvalue weighted by Crippen LogP contribution is 2.17. The summed E-state index contributed by atoms with van der Waals surface area (Å²) in [4.78, 5) is 26.1. The van der Waals surface area contributed by atoms with Gasteiger partial charge in [-0.1, -0.05) is 34.1 Å². The van der Waals surface area contributed by atoms with Gasteiger partial charge in [-0.2, -0.15) is 5.10 Å². The Balaban J connectivity index is 1.68. The van der Waals surface area contributed by atoms with Crippen LogP contribution in [0.3, 0.4) is 0 Å². The lowest BCUT2D eigenvalue weighted by Gasteiger charge is -2.18. The Labute approximate surface area is 175 Å². The number of amides is 1. The molecule has 1 amide bonds. The van der Waals surface area contributed by atoms with Gasteiger partial charge in [0.15, 0.2) is 0 Å². The van der Waals surface area contributed by atoms with Crippen LogP contribution in [0.15, 0.2) is 69.9 Å². The first-order valence-corrected chi connectivity index (χ1v) is 9.69. The summed E-state index contributed by atoms with van der Waals surface area (Å²) in [6.45, 7) is 0.495. The highest BCUT2D eigenvalue weighted by Gasteiger charge is 2.17. The van der Waals surface area contributed by atoms with Crippen molar-refractivity contribution >= 4 is 21.8 Å². The number of para-hydroxylation sites is 1. The first-order valence-electron chi connectivity index (χ1n) is 8.89. The number of carbonyl (C=O) groups excluding carboxylic acids is 1. The second-order valence-corrected chi connectivity index (χ2v) is 7.25. The zero-order valence-electron chi connectivity index (χ0n) is 15.7. The number of rotatable bonds is 7. The predicted molar refractivity (Wildman–Crippen MR) is 110 cm³/mol. The van der Waals surface area contributed by atoms with E-state index in [0.29, 0.717) is 11.3 Å². The molecule has 0 N–H and O–H groups in total. The monoisotopic (exact) mass is 459 g/mol. The standard InChI is InChI=1S/C21H19BrFN3O3/c1-25(14-15-13-16(22)7-8-18(15)23)21(28)19-9-10-20(27)26(24-19)11-12-29-17-5-3-2-4-6-17/h2-10,13H,11-12,14H2,1H3. The lowest BCUT2D eigenvalue weighted by Crippen LogP contribution is -2.32. The molecule has 2 aromatic carbocycles. The van der Waals surface area contributed by atoms with E-state index in [1.165, 1.54) is 27.8 Å². The van der Waals surface area contributed by atoms with Crippen molar-refractivity contribution in [3.8, 4) is 5.75 Å². The minimum atomic E-state index is -0.415. The summed E-state index contributed by atoms with van der Waals surface area (Å²) >= 11 is 3.29. The fraction of sp³-hybridized carbons (Fsp3) is 0.190. The van der Waals surface area contributed by atoms with Crippen LogP contribution in [-0.4, -0.2) is 34.2 Å². The topological polar surface area (TPSA) is 64.4 Å². The third kappa shape index (κ3) is 5.51. The molecule has 29 heavy (non-hydrogen) atoms. The van der Waals surface area contributed by atoms with Gasteiger partial charge in [0.25, 0.3) is 11.5 Å². The number of carbonyl (C=O) groups is 1. The number of halogens is 2. The highest BCUT2D eigenvalue weighted by molar-refractivity contribution is 9.10. The van der Waals surface area contributed by atoms with Gasteiger partial charge in [-0.3, -0.25) is 9.59 Å². The molecule has 0 spiro atoms. The van der Waals surface area contributed by atoms with Crippen molar-refractivity contribution in [1.29, 1.82) is 0 Å². The molecule has 6 nitrogen and oxygen atoms in total. The molecule has 1 aromatic heterocycles. The first kappa shape index (κ1) is 20.7. The Morgan fingerprint density at radius 2 is 1.93 bits per heavy atom. The Kier molecular flexibility index (Phi) is 6.77. The fourth-order valence-electron chi connectivity index (χ4n) is 2.68. The molecule has 0 aliphatic rings. The van der Waals surface area contributed by atoms with Gasteiger partial charge in [-0.15, -0.1) is 0 Å². The second-order valence-electron chi connectivity index (χ2n) is 6.34. The van der Waals surface area contributed by atoms with Crippen molar-refractivity contribution in [2.24, 2.45) is 0 Å². The molecule has 1 heterocycles. The number of aromatic nitrogens is 2. The molecule has 0 saturated carbocycles. The van der Waals surface area contributed by atoms with Crippen LogP contribution in [0.25, 0.3) is 0 Å². The lowest BCUT2D eigenvalue weighted by atomic mass is 10.2. The van der Waals surface area contributed by atoms with E-state index in [4.69, 9.17) is 4.74 Å². The molecule has 0 unspecified atom stereocenters. The SMILES string of the molecule is CN(Cc1cc(Br)ccc1F)C(=O)c1ccc(=O)n(CCOc2ccccc2)n1. The maximum atomic E-state index is 14.0. The first-order chi connectivity index (χ1) is 13.9. The molecule has 150 valence electrons. The van der Waals surface area contributed by atoms with Crippen molar-refractivity contribution in [1.82, 2.24) is 14.7 Å². The summed E-state index contributed by atoms with van der Waals surface area (Å²) in [5.74, 6) is -0.130. The van der Waals surface area contributed by atoms with Crippen molar-refractivity contribution in [3.63, 3.8) is 0 Å². The van der Waals surface area contributed by atoms with E-state index >= 15 is 0 Å². The minimum absolute atomic E-state index is 0.0715. The summed E-state index contributed by atoms with van der Waals surface area (Å²) in [5, 5.41) is 4.14. The third-order valence-electron chi connectivity index (χ3n) is 4.16. The largest absolute Gasteiger partial charge is 0.492 e. The summed E-state index contributed by atoms with van der Waals surface area (Å²) in [6, 6.07) is 16.4. The summed E-state index contributed by atoms with van der Waals surface area (Å²) < 4.78 is 21.4. The van der Waals surface area contributed by atoms with E-state index in [1.54, 1.807) is 19.2 Å². The van der Waals surface area contributed by atoms with Crippen molar-refractivity contribution in [3.05, 3.63) is 92.6 Å². The predicted octanol–water partition coefficient (Wildman–Crippen LogP) is 3.50. The van der Waals surface area contributed by atoms with Gasteiger partial charge in [-0.05, 0) is 36.4 Å². The fourth-order valence-corrected chi connectivity index (χ4v) is 3.09. The quantitative estimate of drug-likeness (QED) is 0.542. The summed E-state index contributed by atoms with van der Waals surface area (Å²) in [6.07, 6.45) is 0. The molecule has 0 atom stereocenters. The van der Waals surface area contributed by atoms with Gasteiger partial charge in [0.2, 0.25) is 0 Å². The van der Waals surface area contributed by atoms with Gasteiger partial charge in [0, 0.05) is 29.7 Å². The Morgan fingerprint density at radius 3 is 2.69 bits per heavy atom.